The third kappa shape index (κ3) is 6.65. The van der Waals surface area contributed by atoms with Crippen LogP contribution in [0.3, 0.4) is 0 Å². The second-order valence-electron chi connectivity index (χ2n) is 7.06. The zero-order valence-electron chi connectivity index (χ0n) is 15.4. The Hall–Kier alpha value is -0.850. The Morgan fingerprint density at radius 3 is 2.61 bits per heavy atom. The van der Waals surface area contributed by atoms with Gasteiger partial charge in [-0.2, -0.15) is 0 Å². The Bertz CT molecular complexity index is 364. The molecule has 6 nitrogen and oxygen atoms in total. The highest BCUT2D eigenvalue weighted by Gasteiger charge is 2.21. The van der Waals surface area contributed by atoms with Gasteiger partial charge >= 0.3 is 0 Å². The molecule has 1 saturated carbocycles. The van der Waals surface area contributed by atoms with Gasteiger partial charge in [-0.3, -0.25) is 9.89 Å². The molecule has 0 radical (unpaired) electrons. The predicted octanol–water partition coefficient (Wildman–Crippen LogP) is 0.556. The summed E-state index contributed by atoms with van der Waals surface area (Å²) in [7, 11) is 6.13. The number of likely N-dealkylation sites (N-methyl/N-ethyl adjacent to an activating group) is 2. The lowest BCUT2D eigenvalue weighted by Crippen LogP contribution is -2.52. The molecule has 1 saturated heterocycles. The Labute approximate surface area is 141 Å². The highest BCUT2D eigenvalue weighted by atomic mass is 16.5. The van der Waals surface area contributed by atoms with Crippen LogP contribution in [0.2, 0.25) is 0 Å². The lowest BCUT2D eigenvalue weighted by molar-refractivity contribution is 0.113. The predicted molar refractivity (Wildman–Crippen MR) is 96.1 cm³/mol. The maximum absolute atomic E-state index is 5.72. The Kier molecular flexibility index (Phi) is 7.59. The van der Waals surface area contributed by atoms with E-state index in [9.17, 15) is 0 Å². The van der Waals surface area contributed by atoms with Crippen molar-refractivity contribution < 1.29 is 4.74 Å². The largest absolute Gasteiger partial charge is 0.379 e. The summed E-state index contributed by atoms with van der Waals surface area (Å²) in [5.74, 6) is 1.79. The van der Waals surface area contributed by atoms with E-state index in [2.05, 4.69) is 46.0 Å². The summed E-state index contributed by atoms with van der Waals surface area (Å²) in [6.07, 6.45) is 2.70. The zero-order valence-corrected chi connectivity index (χ0v) is 15.4. The minimum absolute atomic E-state index is 0.528. The van der Waals surface area contributed by atoms with Crippen LogP contribution in [0.4, 0.5) is 0 Å². The van der Waals surface area contributed by atoms with Crippen LogP contribution in [0, 0.1) is 5.92 Å². The fourth-order valence-electron chi connectivity index (χ4n) is 2.86. The van der Waals surface area contributed by atoms with Crippen LogP contribution in [-0.2, 0) is 4.74 Å². The van der Waals surface area contributed by atoms with Crippen LogP contribution < -0.4 is 5.32 Å². The Morgan fingerprint density at radius 1 is 1.30 bits per heavy atom. The molecule has 23 heavy (non-hydrogen) atoms. The van der Waals surface area contributed by atoms with Crippen molar-refractivity contribution >= 4 is 5.96 Å². The topological polar surface area (TPSA) is 43.3 Å². The summed E-state index contributed by atoms with van der Waals surface area (Å²) in [4.78, 5) is 11.5. The van der Waals surface area contributed by atoms with E-state index in [1.165, 1.54) is 12.8 Å². The molecule has 1 aliphatic heterocycles. The summed E-state index contributed by atoms with van der Waals surface area (Å²) >= 11 is 0. The molecule has 0 aromatic carbocycles. The van der Waals surface area contributed by atoms with Crippen LogP contribution in [0.15, 0.2) is 4.99 Å². The van der Waals surface area contributed by atoms with Gasteiger partial charge in [-0.15, -0.1) is 0 Å². The molecule has 1 aliphatic carbocycles. The lowest BCUT2D eigenvalue weighted by Gasteiger charge is -2.37. The van der Waals surface area contributed by atoms with Crippen molar-refractivity contribution in [2.75, 3.05) is 73.6 Å². The average Bonchev–Trinajstić information content (AvgIpc) is 3.37. The minimum atomic E-state index is 0.528. The first-order valence-electron chi connectivity index (χ1n) is 9.02. The highest BCUT2D eigenvalue weighted by molar-refractivity contribution is 5.79. The van der Waals surface area contributed by atoms with E-state index in [-0.39, 0.29) is 0 Å². The number of nitrogens with one attached hydrogen (secondary N) is 1. The molecule has 0 amide bonds. The SMILES string of the molecule is CN=C(NCC(C)N1CCN(C)CC1)N(C)CCOCC1CC1. The van der Waals surface area contributed by atoms with Crippen molar-refractivity contribution in [3.05, 3.63) is 0 Å². The van der Waals surface area contributed by atoms with Gasteiger partial charge < -0.3 is 19.9 Å². The molecule has 1 N–H and O–H groups in total. The molecule has 0 spiro atoms. The maximum Gasteiger partial charge on any atom is 0.193 e. The maximum atomic E-state index is 5.72. The van der Waals surface area contributed by atoms with Crippen LogP contribution >= 0.6 is 0 Å². The van der Waals surface area contributed by atoms with Gasteiger partial charge in [-0.1, -0.05) is 0 Å². The number of ether oxygens (including phenoxy) is 1. The average molecular weight is 326 g/mol. The van der Waals surface area contributed by atoms with Crippen molar-refractivity contribution in [2.24, 2.45) is 10.9 Å². The molecule has 1 atom stereocenters. The first-order chi connectivity index (χ1) is 11.1. The minimum Gasteiger partial charge on any atom is -0.379 e. The molecule has 2 fully saturated rings. The van der Waals surface area contributed by atoms with E-state index in [1.54, 1.807) is 0 Å². The molecule has 2 aliphatic rings. The summed E-state index contributed by atoms with van der Waals surface area (Å²) in [6, 6.07) is 0.528. The number of nitrogens with zero attached hydrogens (tertiary/aromatic N) is 4. The van der Waals surface area contributed by atoms with Crippen molar-refractivity contribution in [2.45, 2.75) is 25.8 Å². The van der Waals surface area contributed by atoms with E-state index in [1.807, 2.05) is 7.05 Å². The van der Waals surface area contributed by atoms with Gasteiger partial charge in [0.25, 0.3) is 0 Å². The summed E-state index contributed by atoms with van der Waals surface area (Å²) < 4.78 is 5.72. The molecule has 2 rings (SSSR count). The zero-order chi connectivity index (χ0) is 16.7. The second kappa shape index (κ2) is 9.45. The van der Waals surface area contributed by atoms with E-state index in [0.29, 0.717) is 6.04 Å². The number of aliphatic imine (C=N–C) groups is 1. The third-order valence-corrected chi connectivity index (χ3v) is 4.91. The number of guanidine groups is 1. The van der Waals surface area contributed by atoms with Crippen molar-refractivity contribution in [1.82, 2.24) is 20.0 Å². The summed E-state index contributed by atoms with van der Waals surface area (Å²) in [5.41, 5.74) is 0. The van der Waals surface area contributed by atoms with Crippen LogP contribution in [0.1, 0.15) is 19.8 Å². The Morgan fingerprint density at radius 2 is 2.00 bits per heavy atom. The van der Waals surface area contributed by atoms with Gasteiger partial charge in [-0.05, 0) is 32.7 Å². The quantitative estimate of drug-likeness (QED) is 0.401. The number of piperazine rings is 1. The summed E-state index contributed by atoms with van der Waals surface area (Å²) in [5, 5.41) is 3.50. The van der Waals surface area contributed by atoms with Gasteiger partial charge in [-0.25, -0.2) is 0 Å². The molecule has 1 heterocycles. The van der Waals surface area contributed by atoms with Gasteiger partial charge in [0.2, 0.25) is 0 Å². The number of rotatable bonds is 8. The van der Waals surface area contributed by atoms with Gasteiger partial charge in [0.1, 0.15) is 0 Å². The van der Waals surface area contributed by atoms with E-state index in [0.717, 1.165) is 64.4 Å². The van der Waals surface area contributed by atoms with Gasteiger partial charge in [0.15, 0.2) is 5.96 Å². The first-order valence-corrected chi connectivity index (χ1v) is 9.02. The van der Waals surface area contributed by atoms with Gasteiger partial charge in [0.05, 0.1) is 6.61 Å². The summed E-state index contributed by atoms with van der Waals surface area (Å²) in [6.45, 7) is 10.5. The molecular weight excluding hydrogens is 290 g/mol. The van der Waals surface area contributed by atoms with Crippen LogP contribution in [-0.4, -0.2) is 100 Å². The molecule has 0 aromatic heterocycles. The molecule has 1 unspecified atom stereocenters. The van der Waals surface area contributed by atoms with Crippen LogP contribution in [0.5, 0.6) is 0 Å². The van der Waals surface area contributed by atoms with Crippen molar-refractivity contribution in [1.29, 1.82) is 0 Å². The van der Waals surface area contributed by atoms with Crippen LogP contribution in [0.25, 0.3) is 0 Å². The van der Waals surface area contributed by atoms with E-state index < -0.39 is 0 Å². The van der Waals surface area contributed by atoms with Crippen molar-refractivity contribution in [3.63, 3.8) is 0 Å². The smallest absolute Gasteiger partial charge is 0.193 e. The number of hydrogen-bond acceptors (Lipinski definition) is 4. The Balaban J connectivity index is 1.62. The second-order valence-corrected chi connectivity index (χ2v) is 7.06. The first kappa shape index (κ1) is 18.5. The molecular formula is C17H35N5O. The molecule has 0 bridgehead atoms. The molecule has 0 aromatic rings. The lowest BCUT2D eigenvalue weighted by atomic mass is 10.2. The highest BCUT2D eigenvalue weighted by Crippen LogP contribution is 2.28. The molecule has 6 heteroatoms. The molecule has 134 valence electrons. The standard InChI is InChI=1S/C17H35N5O/c1-15(22-9-7-20(3)8-10-22)13-19-17(18-2)21(4)11-12-23-14-16-5-6-16/h15-16H,5-14H2,1-4H3,(H,18,19). The van der Waals surface area contributed by atoms with Gasteiger partial charge in [0, 0.05) is 66.0 Å². The third-order valence-electron chi connectivity index (χ3n) is 4.91. The fourth-order valence-corrected chi connectivity index (χ4v) is 2.86. The number of hydrogen-bond donors (Lipinski definition) is 1. The fraction of sp³-hybridized carbons (Fsp3) is 0.941. The van der Waals surface area contributed by atoms with E-state index in [4.69, 9.17) is 4.74 Å². The van der Waals surface area contributed by atoms with Crippen molar-refractivity contribution in [3.8, 4) is 0 Å². The normalized spacial score (nSPS) is 22.2. The van der Waals surface area contributed by atoms with E-state index >= 15 is 0 Å². The monoisotopic (exact) mass is 325 g/mol.